The first-order valence-electron chi connectivity index (χ1n) is 9.27. The van der Waals surface area contributed by atoms with E-state index >= 15 is 4.39 Å². The molecular weight excluding hydrogens is 342 g/mol. The summed E-state index contributed by atoms with van der Waals surface area (Å²) in [6.07, 6.45) is 4.26. The molecule has 4 heteroatoms. The zero-order valence-electron chi connectivity index (χ0n) is 16.8. The van der Waals surface area contributed by atoms with Crippen LogP contribution in [0, 0.1) is 32.4 Å². The number of rotatable bonds is 4. The van der Waals surface area contributed by atoms with Crippen molar-refractivity contribution in [1.82, 2.24) is 9.55 Å². The van der Waals surface area contributed by atoms with E-state index in [2.05, 4.69) is 24.0 Å². The lowest BCUT2D eigenvalue weighted by Gasteiger charge is -2.27. The average molecular weight is 368 g/mol. The van der Waals surface area contributed by atoms with Crippen LogP contribution >= 0.6 is 0 Å². The van der Waals surface area contributed by atoms with Gasteiger partial charge < -0.3 is 0 Å². The number of benzene rings is 2. The molecule has 0 atom stereocenters. The Hall–Kier alpha value is -2.49. The number of imidazole rings is 1. The first kappa shape index (κ1) is 19.3. The van der Waals surface area contributed by atoms with Gasteiger partial charge in [-0.15, -0.1) is 0 Å². The fraction of sp³-hybridized carbons (Fsp3) is 0.348. The Bertz CT molecular complexity index is 977. The van der Waals surface area contributed by atoms with Crippen LogP contribution in [0.3, 0.4) is 0 Å². The van der Waals surface area contributed by atoms with E-state index in [9.17, 15) is 4.39 Å². The van der Waals surface area contributed by atoms with Crippen molar-refractivity contribution in [3.63, 3.8) is 0 Å². The smallest absolute Gasteiger partial charge is 0.147 e. The van der Waals surface area contributed by atoms with Gasteiger partial charge in [0.1, 0.15) is 17.5 Å². The van der Waals surface area contributed by atoms with Gasteiger partial charge in [-0.05, 0) is 55.4 Å². The lowest BCUT2D eigenvalue weighted by Crippen LogP contribution is -2.19. The van der Waals surface area contributed by atoms with Gasteiger partial charge in [-0.25, -0.2) is 13.8 Å². The topological polar surface area (TPSA) is 17.8 Å². The zero-order valence-corrected chi connectivity index (χ0v) is 16.8. The first-order chi connectivity index (χ1) is 12.7. The van der Waals surface area contributed by atoms with Gasteiger partial charge in [-0.3, -0.25) is 4.57 Å². The van der Waals surface area contributed by atoms with Crippen LogP contribution in [-0.4, -0.2) is 9.55 Å². The van der Waals surface area contributed by atoms with Gasteiger partial charge >= 0.3 is 0 Å². The fourth-order valence-corrected chi connectivity index (χ4v) is 3.75. The van der Waals surface area contributed by atoms with Crippen molar-refractivity contribution in [2.75, 3.05) is 0 Å². The predicted molar refractivity (Wildman–Crippen MR) is 106 cm³/mol. The molecule has 0 bridgehead atoms. The highest BCUT2D eigenvalue weighted by molar-refractivity contribution is 5.67. The van der Waals surface area contributed by atoms with Gasteiger partial charge in [0, 0.05) is 18.5 Å². The largest absolute Gasteiger partial charge is 0.299 e. The molecule has 0 saturated carbocycles. The molecule has 0 aliphatic carbocycles. The molecule has 0 spiro atoms. The molecule has 0 aliphatic rings. The molecular formula is C23H26F2N2. The number of nitrogens with zero attached hydrogens (tertiary/aromatic N) is 2. The second-order valence-corrected chi connectivity index (χ2v) is 7.92. The van der Waals surface area contributed by atoms with Crippen LogP contribution in [0.1, 0.15) is 49.4 Å². The molecule has 142 valence electrons. The van der Waals surface area contributed by atoms with Crippen LogP contribution in [0.2, 0.25) is 0 Å². The molecule has 2 aromatic carbocycles. The standard InChI is InChI=1S/C23H26F2N2/c1-7-23(5,6)18-12-17(24)13-19(25)20(18)22-26-8-9-27(22)21-15(3)10-14(2)11-16(21)4/h8-13H,7H2,1-6H3. The van der Waals surface area contributed by atoms with Gasteiger partial charge in [0.25, 0.3) is 0 Å². The fourth-order valence-electron chi connectivity index (χ4n) is 3.75. The van der Waals surface area contributed by atoms with Crippen LogP contribution in [0.5, 0.6) is 0 Å². The van der Waals surface area contributed by atoms with Crippen LogP contribution in [0.4, 0.5) is 8.78 Å². The average Bonchev–Trinajstić information content (AvgIpc) is 3.02. The molecule has 27 heavy (non-hydrogen) atoms. The maximum absolute atomic E-state index is 15.0. The van der Waals surface area contributed by atoms with E-state index in [1.807, 2.05) is 45.4 Å². The Kier molecular flexibility index (Phi) is 4.94. The molecule has 0 amide bonds. The number of hydrogen-bond donors (Lipinski definition) is 0. The quantitative estimate of drug-likeness (QED) is 0.519. The highest BCUT2D eigenvalue weighted by Crippen LogP contribution is 2.38. The maximum Gasteiger partial charge on any atom is 0.147 e. The third-order valence-electron chi connectivity index (χ3n) is 5.41. The van der Waals surface area contributed by atoms with Crippen LogP contribution in [-0.2, 0) is 5.41 Å². The Morgan fingerprint density at radius 3 is 2.22 bits per heavy atom. The molecule has 0 fully saturated rings. The summed E-state index contributed by atoms with van der Waals surface area (Å²) in [5.41, 5.74) is 4.96. The SMILES string of the molecule is CCC(C)(C)c1cc(F)cc(F)c1-c1nccn1-c1c(C)cc(C)cc1C. The molecule has 3 aromatic rings. The third kappa shape index (κ3) is 3.41. The number of aryl methyl sites for hydroxylation is 3. The molecule has 3 rings (SSSR count). The van der Waals surface area contributed by atoms with E-state index in [0.717, 1.165) is 29.3 Å². The summed E-state index contributed by atoms with van der Waals surface area (Å²) in [5, 5.41) is 0. The maximum atomic E-state index is 15.0. The number of halogens is 2. The second-order valence-electron chi connectivity index (χ2n) is 7.92. The zero-order chi connectivity index (χ0) is 19.9. The molecule has 0 saturated heterocycles. The van der Waals surface area contributed by atoms with Gasteiger partial charge in [-0.1, -0.05) is 38.5 Å². The summed E-state index contributed by atoms with van der Waals surface area (Å²) >= 11 is 0. The minimum atomic E-state index is -0.582. The summed E-state index contributed by atoms with van der Waals surface area (Å²) in [5.74, 6) is -0.644. The predicted octanol–water partition coefficient (Wildman–Crippen LogP) is 6.43. The normalized spacial score (nSPS) is 11.9. The van der Waals surface area contributed by atoms with Crippen molar-refractivity contribution in [2.45, 2.75) is 53.4 Å². The van der Waals surface area contributed by atoms with Gasteiger partial charge in [-0.2, -0.15) is 0 Å². The van der Waals surface area contributed by atoms with Gasteiger partial charge in [0.15, 0.2) is 0 Å². The van der Waals surface area contributed by atoms with Crippen molar-refractivity contribution in [3.8, 4) is 17.1 Å². The molecule has 2 nitrogen and oxygen atoms in total. The molecule has 0 N–H and O–H groups in total. The van der Waals surface area contributed by atoms with Crippen LogP contribution in [0.15, 0.2) is 36.7 Å². The summed E-state index contributed by atoms with van der Waals surface area (Å²) in [6, 6.07) is 6.59. The molecule has 1 aromatic heterocycles. The number of hydrogen-bond acceptors (Lipinski definition) is 1. The van der Waals surface area contributed by atoms with E-state index in [-0.39, 0.29) is 5.41 Å². The van der Waals surface area contributed by atoms with Crippen molar-refractivity contribution in [3.05, 3.63) is 70.5 Å². The monoisotopic (exact) mass is 368 g/mol. The van der Waals surface area contributed by atoms with Crippen LogP contribution < -0.4 is 0 Å². The molecule has 0 aliphatic heterocycles. The minimum Gasteiger partial charge on any atom is -0.299 e. The van der Waals surface area contributed by atoms with E-state index < -0.39 is 11.6 Å². The highest BCUT2D eigenvalue weighted by Gasteiger charge is 2.28. The Morgan fingerprint density at radius 2 is 1.63 bits per heavy atom. The van der Waals surface area contributed by atoms with Crippen LogP contribution in [0.25, 0.3) is 17.1 Å². The minimum absolute atomic E-state index is 0.368. The second kappa shape index (κ2) is 6.91. The highest BCUT2D eigenvalue weighted by atomic mass is 19.1. The third-order valence-corrected chi connectivity index (χ3v) is 5.41. The summed E-state index contributed by atoms with van der Waals surface area (Å²) in [7, 11) is 0. The van der Waals surface area contributed by atoms with Crippen molar-refractivity contribution < 1.29 is 8.78 Å². The lowest BCUT2D eigenvalue weighted by atomic mass is 9.79. The van der Waals surface area contributed by atoms with E-state index in [1.54, 1.807) is 6.20 Å². The first-order valence-corrected chi connectivity index (χ1v) is 9.27. The summed E-state index contributed by atoms with van der Waals surface area (Å²) in [4.78, 5) is 4.47. The Morgan fingerprint density at radius 1 is 1.00 bits per heavy atom. The Labute approximate surface area is 159 Å². The van der Waals surface area contributed by atoms with E-state index in [4.69, 9.17) is 0 Å². The van der Waals surface area contributed by atoms with Crippen molar-refractivity contribution in [2.24, 2.45) is 0 Å². The Balaban J connectivity index is 2.33. The molecule has 0 unspecified atom stereocenters. The van der Waals surface area contributed by atoms with E-state index in [0.29, 0.717) is 17.0 Å². The van der Waals surface area contributed by atoms with Crippen molar-refractivity contribution >= 4 is 0 Å². The molecule has 0 radical (unpaired) electrons. The van der Waals surface area contributed by atoms with Gasteiger partial charge in [0.05, 0.1) is 11.3 Å². The summed E-state index contributed by atoms with van der Waals surface area (Å²) < 4.78 is 31.0. The van der Waals surface area contributed by atoms with Crippen molar-refractivity contribution in [1.29, 1.82) is 0 Å². The molecule has 1 heterocycles. The number of aromatic nitrogens is 2. The van der Waals surface area contributed by atoms with E-state index in [1.165, 1.54) is 11.6 Å². The summed E-state index contributed by atoms with van der Waals surface area (Å²) in [6.45, 7) is 12.2. The lowest BCUT2D eigenvalue weighted by molar-refractivity contribution is 0.493. The van der Waals surface area contributed by atoms with Gasteiger partial charge in [0.2, 0.25) is 0 Å².